The second kappa shape index (κ2) is 6.21. The van der Waals surface area contributed by atoms with Crippen molar-refractivity contribution in [3.8, 4) is 10.6 Å². The minimum Gasteiger partial charge on any atom is -0.374 e. The predicted octanol–water partition coefficient (Wildman–Crippen LogP) is 3.77. The standard InChI is InChI=1S/C20H19N5S/c21-20-24-23-19(26-20)14-7-6-13-8-9-15(16(13)12-14)17-4-3-5-18(22-17)25-10-1-2-11-25/h3-7,9,12H,1-2,8,10-11H2,(H2,21,24). The molecule has 0 saturated carbocycles. The maximum Gasteiger partial charge on any atom is 0.203 e. The molecule has 0 spiro atoms. The van der Waals surface area contributed by atoms with E-state index in [9.17, 15) is 0 Å². The topological polar surface area (TPSA) is 67.9 Å². The lowest BCUT2D eigenvalue weighted by Gasteiger charge is -2.17. The number of pyridine rings is 1. The fraction of sp³-hybridized carbons (Fsp3) is 0.250. The molecule has 5 rings (SSSR count). The van der Waals surface area contributed by atoms with Crippen LogP contribution in [-0.4, -0.2) is 28.3 Å². The molecule has 2 N–H and O–H groups in total. The molecule has 130 valence electrons. The van der Waals surface area contributed by atoms with Gasteiger partial charge in [-0.15, -0.1) is 10.2 Å². The van der Waals surface area contributed by atoms with Crippen molar-refractivity contribution < 1.29 is 0 Å². The summed E-state index contributed by atoms with van der Waals surface area (Å²) in [5, 5.41) is 9.46. The Morgan fingerprint density at radius 2 is 1.92 bits per heavy atom. The molecule has 0 unspecified atom stereocenters. The summed E-state index contributed by atoms with van der Waals surface area (Å²) in [5.41, 5.74) is 11.6. The average molecular weight is 361 g/mol. The van der Waals surface area contributed by atoms with Crippen molar-refractivity contribution in [2.75, 3.05) is 23.7 Å². The summed E-state index contributed by atoms with van der Waals surface area (Å²) in [5.74, 6) is 1.09. The van der Waals surface area contributed by atoms with E-state index in [1.165, 1.54) is 40.9 Å². The molecule has 1 fully saturated rings. The monoisotopic (exact) mass is 361 g/mol. The zero-order chi connectivity index (χ0) is 17.5. The lowest BCUT2D eigenvalue weighted by Crippen LogP contribution is -2.19. The highest BCUT2D eigenvalue weighted by molar-refractivity contribution is 7.18. The van der Waals surface area contributed by atoms with Gasteiger partial charge in [-0.1, -0.05) is 35.6 Å². The molecule has 5 nitrogen and oxygen atoms in total. The van der Waals surface area contributed by atoms with Gasteiger partial charge in [-0.2, -0.15) is 0 Å². The average Bonchev–Trinajstić information content (AvgIpc) is 3.42. The highest BCUT2D eigenvalue weighted by Crippen LogP contribution is 2.36. The Kier molecular flexibility index (Phi) is 3.71. The molecular formula is C20H19N5S. The number of hydrogen-bond donors (Lipinski definition) is 1. The van der Waals surface area contributed by atoms with Gasteiger partial charge in [-0.05, 0) is 48.6 Å². The first-order chi connectivity index (χ1) is 12.8. The molecule has 1 aliphatic heterocycles. The smallest absolute Gasteiger partial charge is 0.203 e. The third kappa shape index (κ3) is 2.66. The fourth-order valence-corrected chi connectivity index (χ4v) is 4.36. The Labute approximate surface area is 156 Å². The largest absolute Gasteiger partial charge is 0.374 e. The molecule has 3 aromatic rings. The third-order valence-electron chi connectivity index (χ3n) is 5.05. The van der Waals surface area contributed by atoms with Crippen molar-refractivity contribution in [2.45, 2.75) is 19.3 Å². The molecule has 1 aliphatic carbocycles. The van der Waals surface area contributed by atoms with Gasteiger partial charge in [0.1, 0.15) is 10.8 Å². The SMILES string of the molecule is Nc1nnc(-c2ccc3c(c2)C(c2cccc(N4CCCC4)n2)=CC3)s1. The molecule has 1 aromatic carbocycles. The summed E-state index contributed by atoms with van der Waals surface area (Å²) >= 11 is 1.42. The molecule has 6 heteroatoms. The van der Waals surface area contributed by atoms with E-state index in [1.807, 2.05) is 0 Å². The van der Waals surface area contributed by atoms with Crippen LogP contribution >= 0.6 is 11.3 Å². The van der Waals surface area contributed by atoms with Gasteiger partial charge in [0, 0.05) is 24.2 Å². The van der Waals surface area contributed by atoms with Gasteiger partial charge < -0.3 is 10.6 Å². The van der Waals surface area contributed by atoms with Crippen LogP contribution in [0, 0.1) is 0 Å². The van der Waals surface area contributed by atoms with Crippen LogP contribution in [0.3, 0.4) is 0 Å². The summed E-state index contributed by atoms with van der Waals surface area (Å²) in [6.45, 7) is 2.21. The van der Waals surface area contributed by atoms with E-state index in [0.717, 1.165) is 41.6 Å². The zero-order valence-electron chi connectivity index (χ0n) is 14.4. The van der Waals surface area contributed by atoms with Crippen LogP contribution in [-0.2, 0) is 6.42 Å². The van der Waals surface area contributed by atoms with Crippen LogP contribution in [0.5, 0.6) is 0 Å². The second-order valence-electron chi connectivity index (χ2n) is 6.71. The van der Waals surface area contributed by atoms with E-state index in [2.05, 4.69) is 57.6 Å². The Morgan fingerprint density at radius 1 is 1.04 bits per heavy atom. The van der Waals surface area contributed by atoms with Crippen molar-refractivity contribution >= 4 is 27.9 Å². The van der Waals surface area contributed by atoms with Gasteiger partial charge in [-0.3, -0.25) is 0 Å². The van der Waals surface area contributed by atoms with Gasteiger partial charge >= 0.3 is 0 Å². The van der Waals surface area contributed by atoms with Crippen molar-refractivity contribution in [2.24, 2.45) is 0 Å². The normalized spacial score (nSPS) is 16.0. The number of nitrogens with two attached hydrogens (primary N) is 1. The van der Waals surface area contributed by atoms with E-state index in [0.29, 0.717) is 5.13 Å². The summed E-state index contributed by atoms with van der Waals surface area (Å²) in [4.78, 5) is 7.33. The zero-order valence-corrected chi connectivity index (χ0v) is 15.2. The number of hydrogen-bond acceptors (Lipinski definition) is 6. The quantitative estimate of drug-likeness (QED) is 0.769. The molecule has 2 aromatic heterocycles. The number of nitrogen functional groups attached to an aromatic ring is 1. The highest BCUT2D eigenvalue weighted by Gasteiger charge is 2.20. The Hall–Kier alpha value is -2.73. The highest BCUT2D eigenvalue weighted by atomic mass is 32.1. The minimum atomic E-state index is 0.497. The lowest BCUT2D eigenvalue weighted by molar-refractivity contribution is 0.935. The maximum absolute atomic E-state index is 5.74. The van der Waals surface area contributed by atoms with Gasteiger partial charge in [0.25, 0.3) is 0 Å². The molecule has 3 heterocycles. The molecule has 26 heavy (non-hydrogen) atoms. The Bertz CT molecular complexity index is 1000. The lowest BCUT2D eigenvalue weighted by atomic mass is 10.0. The van der Waals surface area contributed by atoms with E-state index >= 15 is 0 Å². The summed E-state index contributed by atoms with van der Waals surface area (Å²) in [6.07, 6.45) is 5.73. The van der Waals surface area contributed by atoms with E-state index in [4.69, 9.17) is 10.7 Å². The number of anilines is 2. The number of rotatable bonds is 3. The third-order valence-corrected chi connectivity index (χ3v) is 5.86. The van der Waals surface area contributed by atoms with Crippen molar-refractivity contribution in [3.63, 3.8) is 0 Å². The van der Waals surface area contributed by atoms with Crippen LogP contribution in [0.4, 0.5) is 10.9 Å². The number of benzene rings is 1. The van der Waals surface area contributed by atoms with Gasteiger partial charge in [0.15, 0.2) is 0 Å². The van der Waals surface area contributed by atoms with Crippen LogP contribution in [0.2, 0.25) is 0 Å². The molecule has 0 radical (unpaired) electrons. The first kappa shape index (κ1) is 15.5. The van der Waals surface area contributed by atoms with E-state index in [1.54, 1.807) is 0 Å². The van der Waals surface area contributed by atoms with Gasteiger partial charge in [0.2, 0.25) is 5.13 Å². The first-order valence-corrected chi connectivity index (χ1v) is 9.75. The molecular weight excluding hydrogens is 342 g/mol. The minimum absolute atomic E-state index is 0.497. The molecule has 0 atom stereocenters. The van der Waals surface area contributed by atoms with E-state index < -0.39 is 0 Å². The van der Waals surface area contributed by atoms with Crippen molar-refractivity contribution in [1.29, 1.82) is 0 Å². The van der Waals surface area contributed by atoms with E-state index in [-0.39, 0.29) is 0 Å². The number of nitrogens with zero attached hydrogens (tertiary/aromatic N) is 4. The summed E-state index contributed by atoms with van der Waals surface area (Å²) in [7, 11) is 0. The maximum atomic E-state index is 5.74. The van der Waals surface area contributed by atoms with Crippen LogP contribution in [0.25, 0.3) is 16.1 Å². The predicted molar refractivity (Wildman–Crippen MR) is 106 cm³/mol. The van der Waals surface area contributed by atoms with Crippen molar-refractivity contribution in [3.05, 3.63) is 59.3 Å². The number of fused-ring (bicyclic) bond motifs is 1. The molecule has 2 aliphatic rings. The van der Waals surface area contributed by atoms with Crippen LogP contribution < -0.4 is 10.6 Å². The second-order valence-corrected chi connectivity index (χ2v) is 7.72. The first-order valence-electron chi connectivity index (χ1n) is 8.93. The molecule has 0 bridgehead atoms. The summed E-state index contributed by atoms with van der Waals surface area (Å²) in [6, 6.07) is 12.8. The Morgan fingerprint density at radius 3 is 2.73 bits per heavy atom. The number of aromatic nitrogens is 3. The van der Waals surface area contributed by atoms with Crippen LogP contribution in [0.15, 0.2) is 42.5 Å². The molecule has 0 amide bonds. The van der Waals surface area contributed by atoms with Crippen molar-refractivity contribution in [1.82, 2.24) is 15.2 Å². The van der Waals surface area contributed by atoms with Gasteiger partial charge in [-0.25, -0.2) is 4.98 Å². The fourth-order valence-electron chi connectivity index (χ4n) is 3.75. The summed E-state index contributed by atoms with van der Waals surface area (Å²) < 4.78 is 0. The number of allylic oxidation sites excluding steroid dienone is 1. The van der Waals surface area contributed by atoms with Gasteiger partial charge in [0.05, 0.1) is 5.69 Å². The Balaban J connectivity index is 1.52. The molecule has 1 saturated heterocycles. The van der Waals surface area contributed by atoms with Crippen LogP contribution in [0.1, 0.15) is 29.7 Å².